The summed E-state index contributed by atoms with van der Waals surface area (Å²) in [5, 5.41) is 2.98. The molecule has 0 fully saturated rings. The van der Waals surface area contributed by atoms with Crippen molar-refractivity contribution in [1.82, 2.24) is 0 Å². The van der Waals surface area contributed by atoms with Crippen LogP contribution in [-0.2, 0) is 4.52 Å². The number of hydrogen-bond acceptors (Lipinski definition) is 5. The number of nitrogens with zero attached hydrogens (tertiary/aromatic N) is 4. The SMILES string of the molecule is CO[P@@]1(Cl)=N[P@](Cl)(N=P(c2ccccc2)(c2ccccc2)c2ccccc2)=NP(Cl)(Cl)=N1. The molecule has 168 valence electrons. The topological polar surface area (TPSA) is 58.7 Å². The third-order valence-corrected chi connectivity index (χ3v) is 21.3. The highest BCUT2D eigenvalue weighted by molar-refractivity contribution is 8.17. The van der Waals surface area contributed by atoms with Gasteiger partial charge in [-0.3, -0.25) is 0 Å². The van der Waals surface area contributed by atoms with Gasteiger partial charge in [0, 0.05) is 23.0 Å². The minimum absolute atomic E-state index is 0.995. The lowest BCUT2D eigenvalue weighted by atomic mass is 10.4. The molecule has 0 unspecified atom stereocenters. The molecule has 0 bridgehead atoms. The zero-order chi connectivity index (χ0) is 22.9. The smallest absolute Gasteiger partial charge is 0.299 e. The van der Waals surface area contributed by atoms with Crippen molar-refractivity contribution in [3.63, 3.8) is 0 Å². The van der Waals surface area contributed by atoms with Crippen molar-refractivity contribution in [3.8, 4) is 0 Å². The quantitative estimate of drug-likeness (QED) is 0.276. The first kappa shape index (κ1) is 24.8. The van der Waals surface area contributed by atoms with Gasteiger partial charge in [0.2, 0.25) is 0 Å². The van der Waals surface area contributed by atoms with Crippen LogP contribution in [0.3, 0.4) is 0 Å². The number of halogens is 4. The van der Waals surface area contributed by atoms with E-state index in [-0.39, 0.29) is 0 Å². The van der Waals surface area contributed by atoms with Gasteiger partial charge >= 0.3 is 0 Å². The standard InChI is InChI=1S/C19H18Cl4N4OP4/c1-28-32(23)26-30(20,21)25-31(22,27-32)24-29(17-11-5-2-6-12-17,18-13-7-3-8-14-18)19-15-9-4-10-16-19/h2-16H,1H3/t31-,32-/m1/s1. The highest BCUT2D eigenvalue weighted by Crippen LogP contribution is 2.87. The molecule has 3 aromatic rings. The minimum atomic E-state index is -3.36. The second-order valence-electron chi connectivity index (χ2n) is 6.61. The Balaban J connectivity index is 2.21. The molecule has 0 aromatic heterocycles. The van der Waals surface area contributed by atoms with Gasteiger partial charge in [-0.15, -0.1) is 0 Å². The Bertz CT molecular complexity index is 1240. The van der Waals surface area contributed by atoms with E-state index in [2.05, 4.69) is 13.5 Å². The predicted molar refractivity (Wildman–Crippen MR) is 146 cm³/mol. The van der Waals surface area contributed by atoms with Gasteiger partial charge in [0.1, 0.15) is 0 Å². The average molecular weight is 584 g/mol. The lowest BCUT2D eigenvalue weighted by Crippen LogP contribution is -2.25. The minimum Gasteiger partial charge on any atom is -0.319 e. The van der Waals surface area contributed by atoms with Gasteiger partial charge in [-0.1, -0.05) is 91.0 Å². The van der Waals surface area contributed by atoms with Crippen molar-refractivity contribution >= 4 is 87.3 Å². The summed E-state index contributed by atoms with van der Waals surface area (Å²) in [4.78, 5) is 0. The molecule has 1 heterocycles. The third kappa shape index (κ3) is 5.18. The Morgan fingerprint density at radius 1 is 0.656 bits per heavy atom. The molecule has 0 radical (unpaired) electrons. The van der Waals surface area contributed by atoms with Crippen LogP contribution >= 0.6 is 71.4 Å². The van der Waals surface area contributed by atoms with Crippen LogP contribution in [0.4, 0.5) is 0 Å². The van der Waals surface area contributed by atoms with Crippen LogP contribution in [-0.4, -0.2) is 7.11 Å². The molecule has 32 heavy (non-hydrogen) atoms. The van der Waals surface area contributed by atoms with Gasteiger partial charge in [0.15, 0.2) is 0 Å². The van der Waals surface area contributed by atoms with E-state index in [1.54, 1.807) is 0 Å². The fourth-order valence-corrected chi connectivity index (χ4v) is 24.0. The largest absolute Gasteiger partial charge is 0.319 e. The fraction of sp³-hybridized carbons (Fsp3) is 0.0526. The predicted octanol–water partition coefficient (Wildman–Crippen LogP) is 9.62. The summed E-state index contributed by atoms with van der Waals surface area (Å²) in [7, 11) is -1.29. The molecule has 0 saturated heterocycles. The fourth-order valence-electron chi connectivity index (χ4n) is 3.28. The molecule has 1 aliphatic rings. The van der Waals surface area contributed by atoms with Crippen molar-refractivity contribution < 1.29 is 4.52 Å². The zero-order valence-corrected chi connectivity index (χ0v) is 23.3. The molecular formula is C19H18Cl4N4OP4. The first-order valence-electron chi connectivity index (χ1n) is 9.27. The summed E-state index contributed by atoms with van der Waals surface area (Å²) in [6, 6.07) is 30.0. The maximum atomic E-state index is 7.06. The van der Waals surface area contributed by atoms with Gasteiger partial charge in [-0.2, -0.15) is 13.5 Å². The molecule has 0 N–H and O–H groups in total. The molecule has 4 rings (SSSR count). The first-order valence-corrected chi connectivity index (χ1v) is 19.6. The molecule has 5 nitrogen and oxygen atoms in total. The lowest BCUT2D eigenvalue weighted by Gasteiger charge is -2.29. The van der Waals surface area contributed by atoms with Crippen LogP contribution in [0.1, 0.15) is 0 Å². The van der Waals surface area contributed by atoms with Gasteiger partial charge < -0.3 is 4.52 Å². The van der Waals surface area contributed by atoms with Crippen molar-refractivity contribution in [3.05, 3.63) is 91.0 Å². The van der Waals surface area contributed by atoms with E-state index in [1.165, 1.54) is 7.11 Å². The Kier molecular flexibility index (Phi) is 7.56. The van der Waals surface area contributed by atoms with Crippen molar-refractivity contribution in [2.24, 2.45) is 18.1 Å². The van der Waals surface area contributed by atoms with Crippen LogP contribution in [0.2, 0.25) is 0 Å². The van der Waals surface area contributed by atoms with Gasteiger partial charge in [-0.25, -0.2) is 4.52 Å². The lowest BCUT2D eigenvalue weighted by molar-refractivity contribution is 0.465. The van der Waals surface area contributed by atoms with Crippen molar-refractivity contribution in [2.45, 2.75) is 0 Å². The molecule has 3 aromatic carbocycles. The second kappa shape index (κ2) is 9.75. The van der Waals surface area contributed by atoms with Gasteiger partial charge in [-0.05, 0) is 45.0 Å². The maximum Gasteiger partial charge on any atom is 0.299 e. The van der Waals surface area contributed by atoms with Gasteiger partial charge in [0.05, 0.1) is 7.05 Å². The Labute approximate surface area is 207 Å². The number of benzene rings is 3. The normalized spacial score (nSPS) is 24.5. The molecule has 0 saturated carbocycles. The Morgan fingerprint density at radius 2 is 1.06 bits per heavy atom. The number of hydrogen-bond donors (Lipinski definition) is 0. The van der Waals surface area contributed by atoms with E-state index in [1.807, 2.05) is 91.0 Å². The van der Waals surface area contributed by atoms with Crippen LogP contribution in [0.5, 0.6) is 0 Å². The summed E-state index contributed by atoms with van der Waals surface area (Å²) in [5.74, 6) is -3.22. The van der Waals surface area contributed by atoms with E-state index in [0.717, 1.165) is 15.9 Å². The van der Waals surface area contributed by atoms with E-state index >= 15 is 0 Å². The molecule has 0 aliphatic carbocycles. The van der Waals surface area contributed by atoms with Crippen LogP contribution < -0.4 is 15.9 Å². The molecule has 0 spiro atoms. The van der Waals surface area contributed by atoms with E-state index in [0.29, 0.717) is 0 Å². The monoisotopic (exact) mass is 582 g/mol. The third-order valence-electron chi connectivity index (χ3n) is 4.53. The van der Waals surface area contributed by atoms with Crippen LogP contribution in [0.25, 0.3) is 0 Å². The summed E-state index contributed by atoms with van der Waals surface area (Å²) in [6.45, 7) is -6.55. The van der Waals surface area contributed by atoms with Crippen LogP contribution in [0.15, 0.2) is 109 Å². The van der Waals surface area contributed by atoms with Crippen LogP contribution in [0, 0.1) is 0 Å². The highest BCUT2D eigenvalue weighted by Gasteiger charge is 2.37. The van der Waals surface area contributed by atoms with E-state index in [9.17, 15) is 0 Å². The molecular weight excluding hydrogens is 566 g/mol. The summed E-state index contributed by atoms with van der Waals surface area (Å²) in [5.41, 5.74) is 0. The Morgan fingerprint density at radius 3 is 1.44 bits per heavy atom. The first-order chi connectivity index (χ1) is 15.2. The second-order valence-corrected chi connectivity index (χ2v) is 21.5. The summed E-state index contributed by atoms with van der Waals surface area (Å²) >= 11 is 26.5. The highest BCUT2D eigenvalue weighted by atomic mass is 35.9. The van der Waals surface area contributed by atoms with Crippen molar-refractivity contribution in [2.75, 3.05) is 7.11 Å². The summed E-state index contributed by atoms with van der Waals surface area (Å²) < 4.78 is 23.8. The Hall–Kier alpha value is -0.300. The molecule has 1 aliphatic heterocycles. The zero-order valence-electron chi connectivity index (χ0n) is 16.7. The molecule has 13 heteroatoms. The molecule has 2 atom stereocenters. The number of rotatable bonds is 5. The maximum absolute atomic E-state index is 7.06. The average Bonchev–Trinajstić information content (AvgIpc) is 2.78. The summed E-state index contributed by atoms with van der Waals surface area (Å²) in [6.07, 6.45) is 0. The molecule has 0 amide bonds. The van der Waals surface area contributed by atoms with Gasteiger partial charge in [0.25, 0.3) is 19.4 Å². The van der Waals surface area contributed by atoms with E-state index < -0.39 is 26.5 Å². The van der Waals surface area contributed by atoms with Crippen molar-refractivity contribution in [1.29, 1.82) is 0 Å². The van der Waals surface area contributed by atoms with E-state index in [4.69, 9.17) is 54.0 Å².